The fourth-order valence-corrected chi connectivity index (χ4v) is 4.53. The van der Waals surface area contributed by atoms with Crippen LogP contribution in [-0.4, -0.2) is 60.4 Å². The number of halogens is 1. The summed E-state index contributed by atoms with van der Waals surface area (Å²) in [7, 11) is 2.47. The Hall–Kier alpha value is -2.60. The van der Waals surface area contributed by atoms with Crippen molar-refractivity contribution < 1.29 is 17.9 Å². The van der Waals surface area contributed by atoms with Crippen molar-refractivity contribution in [2.75, 3.05) is 32.3 Å². The van der Waals surface area contributed by atoms with Crippen molar-refractivity contribution >= 4 is 45.0 Å². The minimum absolute atomic E-state index is 0.0421. The largest absolute Gasteiger partial charge is 0.495 e. The number of methoxy groups -OCH3 is 1. The van der Waals surface area contributed by atoms with Gasteiger partial charge in [0.25, 0.3) is 0 Å². The van der Waals surface area contributed by atoms with Crippen LogP contribution in [0, 0.1) is 0 Å². The van der Waals surface area contributed by atoms with E-state index < -0.39 is 10.0 Å². The number of ether oxygens (including phenoxy) is 1. The predicted molar refractivity (Wildman–Crippen MR) is 125 cm³/mol. The van der Waals surface area contributed by atoms with Crippen LogP contribution in [-0.2, 0) is 21.9 Å². The average molecular weight is 496 g/mol. The van der Waals surface area contributed by atoms with E-state index in [0.29, 0.717) is 21.8 Å². The second-order valence-corrected chi connectivity index (χ2v) is 10.4. The summed E-state index contributed by atoms with van der Waals surface area (Å²) in [5.74, 6) is 0.696. The molecule has 0 aliphatic heterocycles. The van der Waals surface area contributed by atoms with Crippen LogP contribution in [0.5, 0.6) is 5.75 Å². The first-order valence-corrected chi connectivity index (χ1v) is 12.1. The standard InChI is InChI=1S/C20H22ClN5O4S2/c1-25(2)32(28,29)15-9-10-17(30-4)16(11-15)22-18(27)12-31-20-24-23-19(26(20)3)13-5-7-14(21)8-6-13/h5-11H,12H2,1-4H3,(H,22,27). The Morgan fingerprint density at radius 1 is 1.19 bits per heavy atom. The summed E-state index contributed by atoms with van der Waals surface area (Å²) in [5.41, 5.74) is 1.12. The number of sulfonamides is 1. The Morgan fingerprint density at radius 2 is 1.88 bits per heavy atom. The molecule has 9 nitrogen and oxygen atoms in total. The molecule has 1 heterocycles. The van der Waals surface area contributed by atoms with Gasteiger partial charge in [-0.05, 0) is 42.5 Å². The van der Waals surface area contributed by atoms with Gasteiger partial charge >= 0.3 is 0 Å². The van der Waals surface area contributed by atoms with E-state index in [1.54, 1.807) is 16.7 Å². The zero-order valence-electron chi connectivity index (χ0n) is 17.9. The third-order valence-corrected chi connectivity index (χ3v) is 7.58. The number of rotatable bonds is 8. The van der Waals surface area contributed by atoms with Crippen LogP contribution in [0.4, 0.5) is 5.69 Å². The first kappa shape index (κ1) is 24.1. The lowest BCUT2D eigenvalue weighted by Crippen LogP contribution is -2.22. The number of amides is 1. The SMILES string of the molecule is COc1ccc(S(=O)(=O)N(C)C)cc1NC(=O)CSc1nnc(-c2ccc(Cl)cc2)n1C. The molecule has 1 aromatic heterocycles. The molecule has 0 bridgehead atoms. The van der Waals surface area contributed by atoms with Crippen LogP contribution in [0.25, 0.3) is 11.4 Å². The van der Waals surface area contributed by atoms with E-state index in [2.05, 4.69) is 15.5 Å². The number of anilines is 1. The summed E-state index contributed by atoms with van der Waals surface area (Å²) in [6, 6.07) is 11.5. The van der Waals surface area contributed by atoms with Gasteiger partial charge in [0.15, 0.2) is 11.0 Å². The monoisotopic (exact) mass is 495 g/mol. The van der Waals surface area contributed by atoms with Crippen molar-refractivity contribution in [2.24, 2.45) is 7.05 Å². The molecule has 1 amide bonds. The van der Waals surface area contributed by atoms with Gasteiger partial charge in [0.05, 0.1) is 23.4 Å². The van der Waals surface area contributed by atoms with E-state index >= 15 is 0 Å². The van der Waals surface area contributed by atoms with Crippen LogP contribution in [0.3, 0.4) is 0 Å². The molecule has 12 heteroatoms. The lowest BCUT2D eigenvalue weighted by atomic mass is 10.2. The molecule has 0 atom stereocenters. The highest BCUT2D eigenvalue weighted by Gasteiger charge is 2.20. The van der Waals surface area contributed by atoms with Gasteiger partial charge in [0.1, 0.15) is 5.75 Å². The highest BCUT2D eigenvalue weighted by atomic mass is 35.5. The second kappa shape index (κ2) is 9.90. The maximum atomic E-state index is 12.6. The molecule has 0 spiro atoms. The summed E-state index contributed by atoms with van der Waals surface area (Å²) in [5, 5.41) is 12.2. The third-order valence-electron chi connectivity index (χ3n) is 4.49. The van der Waals surface area contributed by atoms with Crippen LogP contribution < -0.4 is 10.1 Å². The van der Waals surface area contributed by atoms with Crippen LogP contribution in [0.2, 0.25) is 5.02 Å². The number of benzene rings is 2. The quantitative estimate of drug-likeness (QED) is 0.478. The minimum Gasteiger partial charge on any atom is -0.495 e. The molecule has 170 valence electrons. The number of hydrogen-bond acceptors (Lipinski definition) is 7. The number of aromatic nitrogens is 3. The summed E-state index contributed by atoms with van der Waals surface area (Å²) in [6.07, 6.45) is 0. The predicted octanol–water partition coefficient (Wildman–Crippen LogP) is 3.13. The van der Waals surface area contributed by atoms with Gasteiger partial charge < -0.3 is 14.6 Å². The molecular weight excluding hydrogens is 474 g/mol. The Bertz CT molecular complexity index is 1230. The number of carbonyl (C=O) groups is 1. The van der Waals surface area contributed by atoms with E-state index in [4.69, 9.17) is 16.3 Å². The van der Waals surface area contributed by atoms with E-state index in [1.807, 2.05) is 19.2 Å². The van der Waals surface area contributed by atoms with Gasteiger partial charge in [-0.25, -0.2) is 12.7 Å². The van der Waals surface area contributed by atoms with Gasteiger partial charge in [-0.1, -0.05) is 23.4 Å². The maximum absolute atomic E-state index is 12.6. The average Bonchev–Trinajstić information content (AvgIpc) is 3.13. The second-order valence-electron chi connectivity index (χ2n) is 6.86. The molecule has 0 fully saturated rings. The Kier molecular flexibility index (Phi) is 7.44. The van der Waals surface area contributed by atoms with Crippen molar-refractivity contribution in [3.63, 3.8) is 0 Å². The van der Waals surface area contributed by atoms with Crippen molar-refractivity contribution in [1.29, 1.82) is 0 Å². The summed E-state index contributed by atoms with van der Waals surface area (Å²) < 4.78 is 32.9. The van der Waals surface area contributed by atoms with E-state index in [0.717, 1.165) is 9.87 Å². The molecule has 3 aromatic rings. The number of carbonyl (C=O) groups excluding carboxylic acids is 1. The van der Waals surface area contributed by atoms with Gasteiger partial charge in [0, 0.05) is 31.7 Å². The first-order valence-electron chi connectivity index (χ1n) is 9.32. The Labute approximate surface area is 195 Å². The minimum atomic E-state index is -3.66. The Balaban J connectivity index is 1.72. The molecule has 2 aromatic carbocycles. The molecule has 0 unspecified atom stereocenters. The number of thioether (sulfide) groups is 1. The molecule has 0 aliphatic carbocycles. The highest BCUT2D eigenvalue weighted by Crippen LogP contribution is 2.29. The molecule has 0 saturated heterocycles. The molecule has 1 N–H and O–H groups in total. The topological polar surface area (TPSA) is 106 Å². The first-order chi connectivity index (χ1) is 15.1. The summed E-state index contributed by atoms with van der Waals surface area (Å²) >= 11 is 7.14. The lowest BCUT2D eigenvalue weighted by Gasteiger charge is -2.15. The molecule has 0 radical (unpaired) electrons. The number of hydrogen-bond donors (Lipinski definition) is 1. The summed E-state index contributed by atoms with van der Waals surface area (Å²) in [6.45, 7) is 0. The fourth-order valence-electron chi connectivity index (χ4n) is 2.76. The van der Waals surface area contributed by atoms with Crippen LogP contribution in [0.15, 0.2) is 52.5 Å². The molecular formula is C20H22ClN5O4S2. The van der Waals surface area contributed by atoms with E-state index in [-0.39, 0.29) is 22.2 Å². The van der Waals surface area contributed by atoms with Crippen molar-refractivity contribution in [2.45, 2.75) is 10.1 Å². The maximum Gasteiger partial charge on any atom is 0.242 e. The highest BCUT2D eigenvalue weighted by molar-refractivity contribution is 7.99. The molecule has 0 aliphatic rings. The van der Waals surface area contributed by atoms with Crippen LogP contribution >= 0.6 is 23.4 Å². The molecule has 3 rings (SSSR count). The van der Waals surface area contributed by atoms with Crippen molar-refractivity contribution in [3.05, 3.63) is 47.5 Å². The fraction of sp³-hybridized carbons (Fsp3) is 0.250. The Morgan fingerprint density at radius 3 is 2.50 bits per heavy atom. The van der Waals surface area contributed by atoms with Crippen molar-refractivity contribution in [3.8, 4) is 17.1 Å². The van der Waals surface area contributed by atoms with Gasteiger partial charge in [-0.15, -0.1) is 10.2 Å². The normalized spacial score (nSPS) is 11.6. The number of nitrogens with zero attached hydrogens (tertiary/aromatic N) is 4. The smallest absolute Gasteiger partial charge is 0.242 e. The zero-order valence-corrected chi connectivity index (χ0v) is 20.3. The third kappa shape index (κ3) is 5.23. The zero-order chi connectivity index (χ0) is 23.5. The van der Waals surface area contributed by atoms with Gasteiger partial charge in [0.2, 0.25) is 15.9 Å². The molecule has 0 saturated carbocycles. The summed E-state index contributed by atoms with van der Waals surface area (Å²) in [4.78, 5) is 12.6. The molecule has 32 heavy (non-hydrogen) atoms. The van der Waals surface area contributed by atoms with E-state index in [1.165, 1.54) is 51.2 Å². The van der Waals surface area contributed by atoms with Crippen LogP contribution in [0.1, 0.15) is 0 Å². The van der Waals surface area contributed by atoms with E-state index in [9.17, 15) is 13.2 Å². The van der Waals surface area contributed by atoms with Gasteiger partial charge in [-0.3, -0.25) is 4.79 Å². The van der Waals surface area contributed by atoms with Gasteiger partial charge in [-0.2, -0.15) is 0 Å². The number of nitrogens with one attached hydrogen (secondary N) is 1. The lowest BCUT2D eigenvalue weighted by molar-refractivity contribution is -0.113. The van der Waals surface area contributed by atoms with Crippen molar-refractivity contribution in [1.82, 2.24) is 19.1 Å².